The molecular formula is C20H22N4O3. The number of amides is 1. The normalized spacial score (nSPS) is 15.4. The smallest absolute Gasteiger partial charge is 0.261 e. The summed E-state index contributed by atoms with van der Waals surface area (Å²) in [6, 6.07) is 9.36. The molecule has 0 atom stereocenters. The lowest BCUT2D eigenvalue weighted by molar-refractivity contribution is -0.133. The van der Waals surface area contributed by atoms with Crippen LogP contribution in [0.2, 0.25) is 0 Å². The molecule has 1 aromatic carbocycles. The minimum atomic E-state index is -0.173. The zero-order chi connectivity index (χ0) is 18.8. The molecule has 7 nitrogen and oxygen atoms in total. The summed E-state index contributed by atoms with van der Waals surface area (Å²) < 4.78 is 6.78. The van der Waals surface area contributed by atoms with Crippen molar-refractivity contribution < 1.29 is 9.21 Å². The number of furan rings is 1. The average molecular weight is 366 g/mol. The van der Waals surface area contributed by atoms with E-state index in [0.717, 1.165) is 31.0 Å². The fourth-order valence-corrected chi connectivity index (χ4v) is 3.47. The average Bonchev–Trinajstić information content (AvgIpc) is 3.18. The molecule has 1 amide bonds. The molecule has 1 aliphatic rings. The molecule has 0 aliphatic carbocycles. The minimum Gasteiger partial charge on any atom is -0.468 e. The third-order valence-electron chi connectivity index (χ3n) is 5.05. The van der Waals surface area contributed by atoms with E-state index in [0.29, 0.717) is 24.0 Å². The molecule has 1 saturated heterocycles. The molecule has 7 heteroatoms. The number of aryl methyl sites for hydroxylation is 1. The Morgan fingerprint density at radius 3 is 2.70 bits per heavy atom. The van der Waals surface area contributed by atoms with Gasteiger partial charge in [-0.3, -0.25) is 19.1 Å². The van der Waals surface area contributed by atoms with Crippen LogP contribution < -0.4 is 5.56 Å². The molecule has 4 rings (SSSR count). The van der Waals surface area contributed by atoms with Gasteiger partial charge in [-0.15, -0.1) is 0 Å². The number of rotatable bonds is 4. The highest BCUT2D eigenvalue weighted by atomic mass is 16.3. The first-order chi connectivity index (χ1) is 13.1. The van der Waals surface area contributed by atoms with Gasteiger partial charge in [0.05, 0.1) is 30.0 Å². The molecular weight excluding hydrogens is 344 g/mol. The van der Waals surface area contributed by atoms with E-state index in [1.165, 1.54) is 10.9 Å². The lowest BCUT2D eigenvalue weighted by atomic mass is 10.1. The molecule has 1 fully saturated rings. The molecule has 0 spiro atoms. The van der Waals surface area contributed by atoms with Crippen LogP contribution in [-0.4, -0.2) is 51.4 Å². The highest BCUT2D eigenvalue weighted by Gasteiger charge is 2.22. The first kappa shape index (κ1) is 17.5. The van der Waals surface area contributed by atoms with Crippen molar-refractivity contribution in [3.05, 3.63) is 64.6 Å². The predicted octanol–water partition coefficient (Wildman–Crippen LogP) is 1.64. The Morgan fingerprint density at radius 2 is 1.96 bits per heavy atom. The number of benzene rings is 1. The van der Waals surface area contributed by atoms with Crippen LogP contribution in [-0.2, 0) is 17.9 Å². The van der Waals surface area contributed by atoms with E-state index < -0.39 is 0 Å². The Hall–Kier alpha value is -2.93. The van der Waals surface area contributed by atoms with Crippen molar-refractivity contribution in [1.82, 2.24) is 19.4 Å². The Kier molecular flexibility index (Phi) is 4.77. The molecule has 27 heavy (non-hydrogen) atoms. The predicted molar refractivity (Wildman–Crippen MR) is 101 cm³/mol. The number of carbonyl (C=O) groups excluding carboxylic acids is 1. The lowest BCUT2D eigenvalue weighted by Gasteiger charge is -2.34. The molecule has 0 bridgehead atoms. The first-order valence-corrected chi connectivity index (χ1v) is 9.09. The summed E-state index contributed by atoms with van der Waals surface area (Å²) in [6.45, 7) is 5.57. The summed E-state index contributed by atoms with van der Waals surface area (Å²) in [4.78, 5) is 33.7. The minimum absolute atomic E-state index is 0.0217. The molecule has 3 aromatic rings. The van der Waals surface area contributed by atoms with Gasteiger partial charge in [0, 0.05) is 26.2 Å². The van der Waals surface area contributed by atoms with Gasteiger partial charge in [0.2, 0.25) is 5.91 Å². The quantitative estimate of drug-likeness (QED) is 0.702. The van der Waals surface area contributed by atoms with Crippen LogP contribution in [0.25, 0.3) is 10.9 Å². The molecule has 0 saturated carbocycles. The standard InChI is InChI=1S/C20H22N4O3/c1-15-4-2-6-17-19(15)21-14-24(20(17)26)13-18(25)23-9-7-22(8-10-23)12-16-5-3-11-27-16/h2-6,11,14H,7-10,12-13H2,1H3. The van der Waals surface area contributed by atoms with Crippen molar-refractivity contribution in [1.29, 1.82) is 0 Å². The summed E-state index contributed by atoms with van der Waals surface area (Å²) >= 11 is 0. The maximum absolute atomic E-state index is 12.7. The number of hydrogen-bond acceptors (Lipinski definition) is 5. The Morgan fingerprint density at radius 1 is 1.15 bits per heavy atom. The van der Waals surface area contributed by atoms with Crippen molar-refractivity contribution in [3.8, 4) is 0 Å². The van der Waals surface area contributed by atoms with Crippen molar-refractivity contribution in [2.75, 3.05) is 26.2 Å². The number of fused-ring (bicyclic) bond motifs is 1. The maximum Gasteiger partial charge on any atom is 0.261 e. The number of para-hydroxylation sites is 1. The summed E-state index contributed by atoms with van der Waals surface area (Å²) in [5, 5.41) is 0.550. The second kappa shape index (κ2) is 7.36. The number of nitrogens with zero attached hydrogens (tertiary/aromatic N) is 4. The second-order valence-electron chi connectivity index (χ2n) is 6.88. The van der Waals surface area contributed by atoms with E-state index in [1.54, 1.807) is 12.3 Å². The van der Waals surface area contributed by atoms with Gasteiger partial charge in [0.15, 0.2) is 0 Å². The number of aromatic nitrogens is 2. The van der Waals surface area contributed by atoms with Crippen LogP contribution in [0.15, 0.2) is 52.1 Å². The fraction of sp³-hybridized carbons (Fsp3) is 0.350. The highest BCUT2D eigenvalue weighted by molar-refractivity contribution is 5.81. The SMILES string of the molecule is Cc1cccc2c(=O)n(CC(=O)N3CCN(Cc4ccco4)CC3)cnc12. The van der Waals surface area contributed by atoms with Gasteiger partial charge in [-0.2, -0.15) is 0 Å². The van der Waals surface area contributed by atoms with Gasteiger partial charge < -0.3 is 9.32 Å². The molecule has 0 N–H and O–H groups in total. The third-order valence-corrected chi connectivity index (χ3v) is 5.05. The van der Waals surface area contributed by atoms with Crippen LogP contribution in [0.3, 0.4) is 0 Å². The number of carbonyl (C=O) groups is 1. The van der Waals surface area contributed by atoms with E-state index in [-0.39, 0.29) is 18.0 Å². The van der Waals surface area contributed by atoms with Crippen molar-refractivity contribution in [2.24, 2.45) is 0 Å². The van der Waals surface area contributed by atoms with Gasteiger partial charge in [-0.25, -0.2) is 4.98 Å². The summed E-state index contributed by atoms with van der Waals surface area (Å²) in [5.41, 5.74) is 1.47. The van der Waals surface area contributed by atoms with Crippen LogP contribution in [0, 0.1) is 6.92 Å². The first-order valence-electron chi connectivity index (χ1n) is 9.09. The van der Waals surface area contributed by atoms with E-state index in [9.17, 15) is 9.59 Å². The van der Waals surface area contributed by atoms with Crippen molar-refractivity contribution in [3.63, 3.8) is 0 Å². The zero-order valence-corrected chi connectivity index (χ0v) is 15.3. The van der Waals surface area contributed by atoms with Crippen LogP contribution in [0.5, 0.6) is 0 Å². The van der Waals surface area contributed by atoms with E-state index in [4.69, 9.17) is 4.42 Å². The fourth-order valence-electron chi connectivity index (χ4n) is 3.47. The second-order valence-corrected chi connectivity index (χ2v) is 6.88. The molecule has 0 unspecified atom stereocenters. The molecule has 2 aromatic heterocycles. The molecule has 3 heterocycles. The monoisotopic (exact) mass is 366 g/mol. The highest BCUT2D eigenvalue weighted by Crippen LogP contribution is 2.12. The summed E-state index contributed by atoms with van der Waals surface area (Å²) in [7, 11) is 0. The topological polar surface area (TPSA) is 71.6 Å². The van der Waals surface area contributed by atoms with Crippen LogP contribution >= 0.6 is 0 Å². The molecule has 0 radical (unpaired) electrons. The Balaban J connectivity index is 1.41. The Bertz CT molecular complexity index is 1000. The van der Waals surface area contributed by atoms with Gasteiger partial charge in [-0.05, 0) is 30.7 Å². The summed E-state index contributed by atoms with van der Waals surface area (Å²) in [5.74, 6) is 0.877. The van der Waals surface area contributed by atoms with Crippen LogP contribution in [0.4, 0.5) is 0 Å². The van der Waals surface area contributed by atoms with Gasteiger partial charge in [0.1, 0.15) is 12.3 Å². The summed E-state index contributed by atoms with van der Waals surface area (Å²) in [6.07, 6.45) is 3.15. The van der Waals surface area contributed by atoms with Crippen molar-refractivity contribution >= 4 is 16.8 Å². The van der Waals surface area contributed by atoms with E-state index in [1.807, 2.05) is 36.1 Å². The zero-order valence-electron chi connectivity index (χ0n) is 15.3. The molecule has 1 aliphatic heterocycles. The molecule has 140 valence electrons. The maximum atomic E-state index is 12.7. The third kappa shape index (κ3) is 3.64. The van der Waals surface area contributed by atoms with Gasteiger partial charge in [-0.1, -0.05) is 12.1 Å². The van der Waals surface area contributed by atoms with Gasteiger partial charge in [0.25, 0.3) is 5.56 Å². The Labute approximate surface area is 156 Å². The van der Waals surface area contributed by atoms with Crippen molar-refractivity contribution in [2.45, 2.75) is 20.0 Å². The largest absolute Gasteiger partial charge is 0.468 e. The number of piperazine rings is 1. The van der Waals surface area contributed by atoms with E-state index >= 15 is 0 Å². The number of hydrogen-bond donors (Lipinski definition) is 0. The van der Waals surface area contributed by atoms with Crippen LogP contribution in [0.1, 0.15) is 11.3 Å². The van der Waals surface area contributed by atoms with Gasteiger partial charge >= 0.3 is 0 Å². The lowest BCUT2D eigenvalue weighted by Crippen LogP contribution is -2.49. The van der Waals surface area contributed by atoms with E-state index in [2.05, 4.69) is 9.88 Å².